The maximum Gasteiger partial charge on any atom is 0.296 e. The molecule has 176 valence electrons. The van der Waals surface area contributed by atoms with Crippen LogP contribution in [0.4, 0.5) is 14.6 Å². The molecule has 2 aliphatic rings. The van der Waals surface area contributed by atoms with Crippen molar-refractivity contribution in [2.45, 2.75) is 31.0 Å². The van der Waals surface area contributed by atoms with E-state index in [1.807, 2.05) is 0 Å². The number of aromatic amines is 1. The van der Waals surface area contributed by atoms with Crippen LogP contribution in [-0.2, 0) is 20.8 Å². The Morgan fingerprint density at radius 3 is 2.64 bits per heavy atom. The molecule has 0 amide bonds. The molecule has 0 aliphatic carbocycles. The van der Waals surface area contributed by atoms with E-state index < -0.39 is 17.7 Å². The van der Waals surface area contributed by atoms with Crippen molar-refractivity contribution in [2.75, 3.05) is 31.7 Å². The van der Waals surface area contributed by atoms with Crippen LogP contribution in [0.2, 0.25) is 5.02 Å². The largest absolute Gasteiger partial charge is 0.456 e. The Morgan fingerprint density at radius 2 is 1.88 bits per heavy atom. The van der Waals surface area contributed by atoms with E-state index in [4.69, 9.17) is 35.7 Å². The highest BCUT2D eigenvalue weighted by molar-refractivity contribution is 6.33. The molecule has 2 saturated heterocycles. The predicted molar refractivity (Wildman–Crippen MR) is 113 cm³/mol. The molecule has 3 aromatic rings. The molecule has 2 aromatic heterocycles. The molecule has 0 saturated carbocycles. The number of nitrogens with zero attached hydrogens (tertiary/aromatic N) is 2. The fraction of sp³-hybridized carbons (Fsp3) is 0.429. The first-order valence-electron chi connectivity index (χ1n) is 10.4. The van der Waals surface area contributed by atoms with Gasteiger partial charge in [-0.05, 0) is 18.2 Å². The minimum atomic E-state index is -0.662. The summed E-state index contributed by atoms with van der Waals surface area (Å²) in [6.07, 6.45) is -1.28. The van der Waals surface area contributed by atoms with Gasteiger partial charge >= 0.3 is 0 Å². The van der Waals surface area contributed by atoms with Crippen LogP contribution >= 0.6 is 11.6 Å². The van der Waals surface area contributed by atoms with Crippen LogP contribution in [0.1, 0.15) is 5.56 Å². The first kappa shape index (κ1) is 22.2. The van der Waals surface area contributed by atoms with E-state index in [1.54, 1.807) is 6.07 Å². The summed E-state index contributed by atoms with van der Waals surface area (Å²) in [5.41, 5.74) is 0.734. The standard InChI is InChI=1S/C21H21ClF2N4O5/c22-11-6-14-20(27-19(11)25-7-10-12(23)2-1-3-13(10)24)28-21(26-14)33-16-9-32-17-15(30-5-4-29)8-31-18(16)17/h1-3,6,15-18,29H,4-5,7-9H2,(H2,25,26,27,28)/t15-,16-,17-,18?/m1/s1. The normalized spacial score (nSPS) is 24.4. The SMILES string of the molecule is OCCO[C@@H]1COC2[C@H](Oc3nc4nc(NCc5c(F)cccc5F)c(Cl)cc4[nH]3)CO[C@@H]21. The summed E-state index contributed by atoms with van der Waals surface area (Å²) in [4.78, 5) is 11.7. The number of benzene rings is 1. The van der Waals surface area contributed by atoms with Gasteiger partial charge in [-0.15, -0.1) is 0 Å². The zero-order valence-electron chi connectivity index (χ0n) is 17.3. The van der Waals surface area contributed by atoms with Crippen LogP contribution < -0.4 is 10.1 Å². The number of hydrogen-bond donors (Lipinski definition) is 3. The van der Waals surface area contributed by atoms with Crippen molar-refractivity contribution in [1.29, 1.82) is 0 Å². The quantitative estimate of drug-likeness (QED) is 0.449. The van der Waals surface area contributed by atoms with E-state index in [0.29, 0.717) is 24.4 Å². The molecule has 4 heterocycles. The number of pyridine rings is 1. The number of hydrogen-bond acceptors (Lipinski definition) is 8. The van der Waals surface area contributed by atoms with Crippen molar-refractivity contribution in [2.24, 2.45) is 0 Å². The maximum atomic E-state index is 13.9. The summed E-state index contributed by atoms with van der Waals surface area (Å²) in [6, 6.07) is 5.48. The molecule has 12 heteroatoms. The number of H-pyrrole nitrogens is 1. The van der Waals surface area contributed by atoms with Crippen molar-refractivity contribution in [3.63, 3.8) is 0 Å². The molecule has 0 bridgehead atoms. The van der Waals surface area contributed by atoms with Gasteiger partial charge in [0.2, 0.25) is 0 Å². The van der Waals surface area contributed by atoms with E-state index in [9.17, 15) is 8.78 Å². The first-order valence-corrected chi connectivity index (χ1v) is 10.8. The van der Waals surface area contributed by atoms with Crippen LogP contribution in [-0.4, -0.2) is 70.9 Å². The highest BCUT2D eigenvalue weighted by Crippen LogP contribution is 2.32. The molecular formula is C21H21ClF2N4O5. The van der Waals surface area contributed by atoms with Crippen molar-refractivity contribution >= 4 is 28.6 Å². The summed E-state index contributed by atoms with van der Waals surface area (Å²) in [5, 5.41) is 12.0. The van der Waals surface area contributed by atoms with E-state index in [1.165, 1.54) is 18.2 Å². The van der Waals surface area contributed by atoms with E-state index >= 15 is 0 Å². The van der Waals surface area contributed by atoms with Gasteiger partial charge in [-0.3, -0.25) is 0 Å². The number of anilines is 1. The first-order chi connectivity index (χ1) is 16.0. The molecular weight excluding hydrogens is 462 g/mol. The number of fused-ring (bicyclic) bond motifs is 2. The molecule has 2 aliphatic heterocycles. The molecule has 5 rings (SSSR count). The minimum Gasteiger partial charge on any atom is -0.456 e. The summed E-state index contributed by atoms with van der Waals surface area (Å²) in [5.74, 6) is -1.09. The van der Waals surface area contributed by atoms with Gasteiger partial charge in [0.1, 0.15) is 35.8 Å². The van der Waals surface area contributed by atoms with E-state index in [-0.39, 0.29) is 60.5 Å². The Hall–Kier alpha value is -2.57. The van der Waals surface area contributed by atoms with Gasteiger partial charge in [-0.25, -0.2) is 13.8 Å². The number of ether oxygens (including phenoxy) is 4. The number of aliphatic hydroxyl groups excluding tert-OH is 1. The third-order valence-corrected chi connectivity index (χ3v) is 5.84. The summed E-state index contributed by atoms with van der Waals surface area (Å²) in [7, 11) is 0. The Labute approximate surface area is 192 Å². The van der Waals surface area contributed by atoms with Crippen LogP contribution in [0.3, 0.4) is 0 Å². The third kappa shape index (κ3) is 4.46. The lowest BCUT2D eigenvalue weighted by Crippen LogP contribution is -2.36. The van der Waals surface area contributed by atoms with Gasteiger partial charge in [-0.1, -0.05) is 17.7 Å². The average Bonchev–Trinajstić information content (AvgIpc) is 3.48. The molecule has 9 nitrogen and oxygen atoms in total. The number of aliphatic hydroxyl groups is 1. The minimum absolute atomic E-state index is 0.0750. The second-order valence-corrected chi connectivity index (χ2v) is 8.08. The van der Waals surface area contributed by atoms with Gasteiger partial charge in [0.05, 0.1) is 37.0 Å². The fourth-order valence-corrected chi connectivity index (χ4v) is 4.19. The molecule has 1 aromatic carbocycles. The molecule has 1 unspecified atom stereocenters. The molecule has 4 atom stereocenters. The topological polar surface area (TPSA) is 111 Å². The van der Waals surface area contributed by atoms with Crippen LogP contribution in [0, 0.1) is 11.6 Å². The van der Waals surface area contributed by atoms with Crippen LogP contribution in [0.15, 0.2) is 24.3 Å². The highest BCUT2D eigenvalue weighted by Gasteiger charge is 2.49. The van der Waals surface area contributed by atoms with Crippen LogP contribution in [0.5, 0.6) is 6.01 Å². The molecule has 0 radical (unpaired) electrons. The second kappa shape index (κ2) is 9.35. The summed E-state index contributed by atoms with van der Waals surface area (Å²) in [6.45, 7) is 0.644. The number of imidazole rings is 1. The summed E-state index contributed by atoms with van der Waals surface area (Å²) >= 11 is 6.29. The Bertz CT molecular complexity index is 1130. The monoisotopic (exact) mass is 482 g/mol. The fourth-order valence-electron chi connectivity index (χ4n) is 3.97. The van der Waals surface area contributed by atoms with Crippen molar-refractivity contribution in [3.8, 4) is 6.01 Å². The number of nitrogens with one attached hydrogen (secondary N) is 2. The smallest absolute Gasteiger partial charge is 0.296 e. The van der Waals surface area contributed by atoms with Gasteiger partial charge < -0.3 is 34.4 Å². The zero-order valence-corrected chi connectivity index (χ0v) is 18.0. The van der Waals surface area contributed by atoms with E-state index in [0.717, 1.165) is 0 Å². The van der Waals surface area contributed by atoms with E-state index in [2.05, 4.69) is 20.3 Å². The van der Waals surface area contributed by atoms with Gasteiger partial charge in [-0.2, -0.15) is 4.98 Å². The Balaban J connectivity index is 1.28. The highest BCUT2D eigenvalue weighted by atomic mass is 35.5. The molecule has 0 spiro atoms. The van der Waals surface area contributed by atoms with Crippen LogP contribution in [0.25, 0.3) is 11.2 Å². The Kier molecular flexibility index (Phi) is 6.30. The summed E-state index contributed by atoms with van der Waals surface area (Å²) < 4.78 is 50.8. The molecule has 33 heavy (non-hydrogen) atoms. The third-order valence-electron chi connectivity index (χ3n) is 5.55. The number of halogens is 3. The van der Waals surface area contributed by atoms with Crippen molar-refractivity contribution in [3.05, 3.63) is 46.5 Å². The number of rotatable bonds is 8. The zero-order chi connectivity index (χ0) is 22.9. The predicted octanol–water partition coefficient (Wildman–Crippen LogP) is 2.42. The van der Waals surface area contributed by atoms with Gasteiger partial charge in [0.15, 0.2) is 11.8 Å². The second-order valence-electron chi connectivity index (χ2n) is 7.67. The molecule has 3 N–H and O–H groups in total. The lowest BCUT2D eigenvalue weighted by atomic mass is 10.1. The Morgan fingerprint density at radius 1 is 1.15 bits per heavy atom. The lowest BCUT2D eigenvalue weighted by molar-refractivity contribution is -0.0444. The maximum absolute atomic E-state index is 13.9. The lowest BCUT2D eigenvalue weighted by Gasteiger charge is -2.16. The van der Waals surface area contributed by atoms with Gasteiger partial charge in [0, 0.05) is 12.1 Å². The number of aromatic nitrogens is 3. The van der Waals surface area contributed by atoms with Gasteiger partial charge in [0.25, 0.3) is 6.01 Å². The average molecular weight is 483 g/mol. The van der Waals surface area contributed by atoms with Crippen molar-refractivity contribution in [1.82, 2.24) is 15.0 Å². The van der Waals surface area contributed by atoms with Crippen molar-refractivity contribution < 1.29 is 32.8 Å². The molecule has 2 fully saturated rings.